The second kappa shape index (κ2) is 11.0. The van der Waals surface area contributed by atoms with Crippen molar-refractivity contribution in [3.05, 3.63) is 30.3 Å². The smallest absolute Gasteiger partial charge is 0.220 e. The average molecular weight is 357 g/mol. The van der Waals surface area contributed by atoms with Gasteiger partial charge in [-0.05, 0) is 49.9 Å². The standard InChI is InChI=1S/C18H28N2OS.ClH/c1-14(16-7-6-10-19-13-16)11-18(21)20-12-15(2)22-17-8-4-3-5-9-17;/h3-5,8-9,14-16,19H,6-7,10-13H2,1-2H3,(H,20,21);1H. The Morgan fingerprint density at radius 1 is 1.35 bits per heavy atom. The lowest BCUT2D eigenvalue weighted by Gasteiger charge is -2.28. The first-order valence-electron chi connectivity index (χ1n) is 8.34. The first-order chi connectivity index (χ1) is 10.6. The zero-order valence-corrected chi connectivity index (χ0v) is 15.7. The summed E-state index contributed by atoms with van der Waals surface area (Å²) in [5, 5.41) is 6.91. The summed E-state index contributed by atoms with van der Waals surface area (Å²) in [6.45, 7) is 7.29. The van der Waals surface area contributed by atoms with Gasteiger partial charge in [0.15, 0.2) is 0 Å². The molecule has 1 aliphatic rings. The summed E-state index contributed by atoms with van der Waals surface area (Å²) in [4.78, 5) is 13.4. The van der Waals surface area contributed by atoms with Crippen molar-refractivity contribution in [2.75, 3.05) is 19.6 Å². The van der Waals surface area contributed by atoms with Crippen LogP contribution in [0, 0.1) is 11.8 Å². The molecule has 1 amide bonds. The molecular formula is C18H29ClN2OS. The van der Waals surface area contributed by atoms with Crippen LogP contribution in [0.25, 0.3) is 0 Å². The van der Waals surface area contributed by atoms with Gasteiger partial charge in [-0.1, -0.05) is 32.0 Å². The highest BCUT2D eigenvalue weighted by Crippen LogP contribution is 2.23. The van der Waals surface area contributed by atoms with Gasteiger partial charge < -0.3 is 10.6 Å². The molecule has 1 fully saturated rings. The Morgan fingerprint density at radius 3 is 2.74 bits per heavy atom. The summed E-state index contributed by atoms with van der Waals surface area (Å²) in [5.41, 5.74) is 0. The molecule has 2 rings (SSSR count). The van der Waals surface area contributed by atoms with Gasteiger partial charge in [0.25, 0.3) is 0 Å². The van der Waals surface area contributed by atoms with E-state index in [0.717, 1.165) is 19.6 Å². The second-order valence-corrected chi connectivity index (χ2v) is 7.85. The monoisotopic (exact) mass is 356 g/mol. The van der Waals surface area contributed by atoms with Gasteiger partial charge in [0.05, 0.1) is 0 Å². The molecule has 0 spiro atoms. The molecule has 1 heterocycles. The number of halogens is 1. The Labute approximate surface area is 150 Å². The fraction of sp³-hybridized carbons (Fsp3) is 0.611. The number of benzene rings is 1. The summed E-state index contributed by atoms with van der Waals surface area (Å²) < 4.78 is 0. The van der Waals surface area contributed by atoms with Crippen LogP contribution in [0.15, 0.2) is 35.2 Å². The number of rotatable bonds is 7. The topological polar surface area (TPSA) is 41.1 Å². The fourth-order valence-corrected chi connectivity index (χ4v) is 3.87. The van der Waals surface area contributed by atoms with Crippen molar-refractivity contribution in [1.29, 1.82) is 0 Å². The molecular weight excluding hydrogens is 328 g/mol. The van der Waals surface area contributed by atoms with E-state index < -0.39 is 0 Å². The Hall–Kier alpha value is -0.710. The highest BCUT2D eigenvalue weighted by atomic mass is 35.5. The maximum atomic E-state index is 12.1. The van der Waals surface area contributed by atoms with E-state index in [1.807, 2.05) is 30.0 Å². The van der Waals surface area contributed by atoms with Gasteiger partial charge in [-0.2, -0.15) is 0 Å². The third-order valence-electron chi connectivity index (χ3n) is 4.31. The number of nitrogens with one attached hydrogen (secondary N) is 2. The second-order valence-electron chi connectivity index (χ2n) is 6.33. The minimum atomic E-state index is 0. The molecule has 1 aromatic rings. The van der Waals surface area contributed by atoms with E-state index in [1.165, 1.54) is 17.7 Å². The third kappa shape index (κ3) is 7.60. The maximum Gasteiger partial charge on any atom is 0.220 e. The van der Waals surface area contributed by atoms with E-state index >= 15 is 0 Å². The number of carbonyl (C=O) groups is 1. The van der Waals surface area contributed by atoms with Gasteiger partial charge in [-0.25, -0.2) is 0 Å². The van der Waals surface area contributed by atoms with Crippen molar-refractivity contribution in [2.45, 2.75) is 43.3 Å². The molecule has 1 saturated heterocycles. The number of amides is 1. The van der Waals surface area contributed by atoms with E-state index in [2.05, 4.69) is 36.6 Å². The Balaban J connectivity index is 0.00000264. The molecule has 5 heteroatoms. The molecule has 130 valence electrons. The van der Waals surface area contributed by atoms with E-state index in [-0.39, 0.29) is 18.3 Å². The first kappa shape index (κ1) is 20.3. The predicted octanol–water partition coefficient (Wildman–Crippen LogP) is 3.73. The zero-order chi connectivity index (χ0) is 15.8. The van der Waals surface area contributed by atoms with Crippen LogP contribution in [0.1, 0.15) is 33.1 Å². The lowest BCUT2D eigenvalue weighted by atomic mass is 9.85. The molecule has 3 nitrogen and oxygen atoms in total. The normalized spacial score (nSPS) is 20.2. The molecule has 0 saturated carbocycles. The van der Waals surface area contributed by atoms with E-state index in [1.54, 1.807) is 0 Å². The van der Waals surface area contributed by atoms with Crippen LogP contribution in [-0.2, 0) is 4.79 Å². The van der Waals surface area contributed by atoms with Gasteiger partial charge in [-0.15, -0.1) is 24.2 Å². The lowest BCUT2D eigenvalue weighted by Crippen LogP contribution is -2.36. The first-order valence-corrected chi connectivity index (χ1v) is 9.22. The molecule has 0 radical (unpaired) electrons. The van der Waals surface area contributed by atoms with Crippen molar-refractivity contribution in [2.24, 2.45) is 11.8 Å². The molecule has 3 unspecified atom stereocenters. The van der Waals surface area contributed by atoms with Crippen molar-refractivity contribution in [3.8, 4) is 0 Å². The Morgan fingerprint density at radius 2 is 2.09 bits per heavy atom. The highest BCUT2D eigenvalue weighted by molar-refractivity contribution is 8.00. The molecule has 1 aromatic carbocycles. The van der Waals surface area contributed by atoms with E-state index in [0.29, 0.717) is 23.5 Å². The summed E-state index contributed by atoms with van der Waals surface area (Å²) in [7, 11) is 0. The number of piperidine rings is 1. The summed E-state index contributed by atoms with van der Waals surface area (Å²) in [6, 6.07) is 10.3. The van der Waals surface area contributed by atoms with Gasteiger partial charge in [0.1, 0.15) is 0 Å². The lowest BCUT2D eigenvalue weighted by molar-refractivity contribution is -0.122. The van der Waals surface area contributed by atoms with Crippen LogP contribution >= 0.6 is 24.2 Å². The van der Waals surface area contributed by atoms with Gasteiger partial charge >= 0.3 is 0 Å². The maximum absolute atomic E-state index is 12.1. The predicted molar refractivity (Wildman–Crippen MR) is 101 cm³/mol. The minimum Gasteiger partial charge on any atom is -0.355 e. The van der Waals surface area contributed by atoms with Crippen molar-refractivity contribution in [3.63, 3.8) is 0 Å². The summed E-state index contributed by atoms with van der Waals surface area (Å²) in [6.07, 6.45) is 3.14. The van der Waals surface area contributed by atoms with E-state index in [4.69, 9.17) is 0 Å². The van der Waals surface area contributed by atoms with Crippen molar-refractivity contribution in [1.82, 2.24) is 10.6 Å². The van der Waals surface area contributed by atoms with Gasteiger partial charge in [0.2, 0.25) is 5.91 Å². The van der Waals surface area contributed by atoms with Crippen LogP contribution in [-0.4, -0.2) is 30.8 Å². The molecule has 1 aliphatic heterocycles. The SMILES string of the molecule is CC(CNC(=O)CC(C)C1CCCNC1)Sc1ccccc1.Cl. The molecule has 3 atom stereocenters. The quantitative estimate of drug-likeness (QED) is 0.731. The van der Waals surface area contributed by atoms with Crippen molar-refractivity contribution < 1.29 is 4.79 Å². The van der Waals surface area contributed by atoms with Gasteiger partial charge in [0, 0.05) is 23.1 Å². The third-order valence-corrected chi connectivity index (χ3v) is 5.43. The minimum absolute atomic E-state index is 0. The number of hydrogen-bond acceptors (Lipinski definition) is 3. The Kier molecular flexibility index (Phi) is 9.68. The fourth-order valence-electron chi connectivity index (χ4n) is 2.93. The number of thioether (sulfide) groups is 1. The highest BCUT2D eigenvalue weighted by Gasteiger charge is 2.22. The largest absolute Gasteiger partial charge is 0.355 e. The van der Waals surface area contributed by atoms with Crippen molar-refractivity contribution >= 4 is 30.1 Å². The molecule has 0 bridgehead atoms. The van der Waals surface area contributed by atoms with Crippen LogP contribution in [0.2, 0.25) is 0 Å². The average Bonchev–Trinajstić information content (AvgIpc) is 2.55. The number of carbonyl (C=O) groups excluding carboxylic acids is 1. The summed E-state index contributed by atoms with van der Waals surface area (Å²) >= 11 is 1.81. The van der Waals surface area contributed by atoms with Gasteiger partial charge in [-0.3, -0.25) is 4.79 Å². The Bertz CT molecular complexity index is 452. The number of hydrogen-bond donors (Lipinski definition) is 2. The van der Waals surface area contributed by atoms with Crippen LogP contribution in [0.5, 0.6) is 0 Å². The molecule has 23 heavy (non-hydrogen) atoms. The van der Waals surface area contributed by atoms with Crippen LogP contribution in [0.4, 0.5) is 0 Å². The summed E-state index contributed by atoms with van der Waals surface area (Å²) in [5.74, 6) is 1.30. The van der Waals surface area contributed by atoms with Crippen LogP contribution < -0.4 is 10.6 Å². The molecule has 0 aromatic heterocycles. The van der Waals surface area contributed by atoms with Crippen LogP contribution in [0.3, 0.4) is 0 Å². The molecule has 0 aliphatic carbocycles. The van der Waals surface area contributed by atoms with E-state index in [9.17, 15) is 4.79 Å². The zero-order valence-electron chi connectivity index (χ0n) is 14.1. The molecule has 2 N–H and O–H groups in total.